The van der Waals surface area contributed by atoms with E-state index in [0.717, 1.165) is 12.0 Å². The van der Waals surface area contributed by atoms with E-state index >= 15 is 0 Å². The van der Waals surface area contributed by atoms with Crippen LogP contribution in [0.1, 0.15) is 5.69 Å². The van der Waals surface area contributed by atoms with E-state index in [2.05, 4.69) is 34.8 Å². The molecule has 1 heterocycles. The van der Waals surface area contributed by atoms with Gasteiger partial charge in [0, 0.05) is 30.9 Å². The van der Waals surface area contributed by atoms with Gasteiger partial charge in [0.05, 0.1) is 5.75 Å². The molecule has 0 fully saturated rings. The lowest BCUT2D eigenvalue weighted by Gasteiger charge is -2.09. The fourth-order valence-corrected chi connectivity index (χ4v) is 2.05. The maximum atomic E-state index is 10.7. The molecule has 0 bridgehead atoms. The first-order valence-corrected chi connectivity index (χ1v) is 8.65. The number of rotatable bonds is 10. The zero-order chi connectivity index (χ0) is 18.0. The van der Waals surface area contributed by atoms with Crippen LogP contribution in [-0.4, -0.2) is 52.8 Å². The van der Waals surface area contributed by atoms with Crippen LogP contribution in [0.2, 0.25) is 0 Å². The third kappa shape index (κ3) is 6.92. The van der Waals surface area contributed by atoms with Crippen molar-refractivity contribution in [3.05, 3.63) is 17.1 Å². The lowest BCUT2D eigenvalue weighted by molar-refractivity contribution is -0.432. The molecule has 1 aromatic heterocycles. The van der Waals surface area contributed by atoms with E-state index in [1.807, 2.05) is 0 Å². The maximum absolute atomic E-state index is 10.7. The zero-order valence-corrected chi connectivity index (χ0v) is 13.6. The number of hydrogen-bond acceptors (Lipinski definition) is 11. The molecule has 14 heteroatoms. The minimum atomic E-state index is -4.17. The van der Waals surface area contributed by atoms with Crippen molar-refractivity contribution in [1.82, 2.24) is 9.97 Å². The number of anilines is 2. The van der Waals surface area contributed by atoms with Gasteiger partial charge < -0.3 is 15.5 Å². The highest BCUT2D eigenvalue weighted by atomic mass is 32.2. The molecule has 0 aromatic carbocycles. The summed E-state index contributed by atoms with van der Waals surface area (Å²) in [5, 5.41) is 25.7. The van der Waals surface area contributed by atoms with Gasteiger partial charge in [-0.2, -0.15) is 13.7 Å². The van der Waals surface area contributed by atoms with Gasteiger partial charge in [-0.15, -0.1) is 4.33 Å². The Kier molecular flexibility index (Phi) is 8.13. The topological polar surface area (TPSA) is 171 Å². The highest BCUT2D eigenvalue weighted by molar-refractivity contribution is 7.94. The number of nitrogens with zero attached hydrogens (tertiary/aromatic N) is 4. The van der Waals surface area contributed by atoms with Gasteiger partial charge in [0.1, 0.15) is 6.07 Å². The molecule has 0 radical (unpaired) electrons. The Morgan fingerprint density at radius 1 is 1.33 bits per heavy atom. The summed E-state index contributed by atoms with van der Waals surface area (Å²) in [6.45, 7) is 7.15. The third-order valence-electron chi connectivity index (χ3n) is 2.30. The normalized spacial score (nSPS) is 10.7. The van der Waals surface area contributed by atoms with Crippen LogP contribution >= 0.6 is 12.0 Å². The van der Waals surface area contributed by atoms with Gasteiger partial charge in [0.25, 0.3) is 15.9 Å². The summed E-state index contributed by atoms with van der Waals surface area (Å²) in [7, 11) is -4.17. The highest BCUT2D eigenvalue weighted by Gasteiger charge is 2.17. The van der Waals surface area contributed by atoms with Gasteiger partial charge in [-0.25, -0.2) is 10.2 Å². The van der Waals surface area contributed by atoms with Crippen molar-refractivity contribution in [2.24, 2.45) is 0 Å². The molecule has 4 N–H and O–H groups in total. The van der Waals surface area contributed by atoms with Crippen LogP contribution in [0.15, 0.2) is 0 Å². The van der Waals surface area contributed by atoms with Gasteiger partial charge >= 0.3 is 5.82 Å². The van der Waals surface area contributed by atoms with Crippen molar-refractivity contribution in [3.63, 3.8) is 0 Å². The predicted octanol–water partition coefficient (Wildman–Crippen LogP) is 0.680. The summed E-state index contributed by atoms with van der Waals surface area (Å²) < 4.78 is 34.2. The Labute approximate surface area is 141 Å². The van der Waals surface area contributed by atoms with Gasteiger partial charge in [-0.1, -0.05) is 16.6 Å². The minimum Gasteiger partial charge on any atom is -0.376 e. The molecular formula is C10H12N6O6S2. The minimum absolute atomic E-state index is 0.0624. The zero-order valence-electron chi connectivity index (χ0n) is 12.0. The van der Waals surface area contributed by atoms with E-state index in [9.17, 15) is 8.42 Å². The van der Waals surface area contributed by atoms with Gasteiger partial charge in [0.2, 0.25) is 5.69 Å². The summed E-state index contributed by atoms with van der Waals surface area (Å²) in [6, 6.07) is 1.77. The van der Waals surface area contributed by atoms with Crippen molar-refractivity contribution in [2.45, 2.75) is 0 Å². The quantitative estimate of drug-likeness (QED) is 0.112. The van der Waals surface area contributed by atoms with Crippen LogP contribution in [0.4, 0.5) is 17.5 Å². The van der Waals surface area contributed by atoms with E-state index in [1.165, 1.54) is 0 Å². The molecule has 12 nitrogen and oxygen atoms in total. The summed E-state index contributed by atoms with van der Waals surface area (Å²) in [4.78, 5) is 11.0. The molecule has 0 aliphatic heterocycles. The summed E-state index contributed by atoms with van der Waals surface area (Å²) in [5.41, 5.74) is -0.150. The van der Waals surface area contributed by atoms with Crippen molar-refractivity contribution >= 4 is 39.6 Å². The molecule has 0 unspecified atom stereocenters. The predicted molar refractivity (Wildman–Crippen MR) is 83.7 cm³/mol. The lowest BCUT2D eigenvalue weighted by atomic mass is 10.4. The van der Waals surface area contributed by atoms with Crippen molar-refractivity contribution < 1.29 is 27.6 Å². The van der Waals surface area contributed by atoms with E-state index in [4.69, 9.17) is 21.6 Å². The Bertz CT molecular complexity index is 743. The fraction of sp³-hybridized carbons (Fsp3) is 0.400. The van der Waals surface area contributed by atoms with Crippen molar-refractivity contribution in [3.8, 4) is 6.07 Å². The molecule has 0 atom stereocenters. The monoisotopic (exact) mass is 376 g/mol. The smallest absolute Gasteiger partial charge is 0.314 e. The van der Waals surface area contributed by atoms with Crippen LogP contribution in [-0.2, 0) is 19.5 Å². The van der Waals surface area contributed by atoms with Crippen LogP contribution in [0, 0.1) is 17.9 Å². The van der Waals surface area contributed by atoms with Crippen LogP contribution in [0.3, 0.4) is 0 Å². The molecule has 0 saturated carbocycles. The second-order valence-electron chi connectivity index (χ2n) is 3.92. The van der Waals surface area contributed by atoms with Crippen molar-refractivity contribution in [2.75, 3.05) is 35.2 Å². The second-order valence-corrected chi connectivity index (χ2v) is 6.27. The Hall–Kier alpha value is -2.20. The second kappa shape index (κ2) is 9.83. The standard InChI is InChI=1S/C10H12N6O6S2/c1-12-9-10(13-2-4-23-22-21-17)15-7(6-11)8(16-9)14-3-5-24(18,19)20/h17H,2-5H2,(H,13,15)(H,14,16)(H,18,19,20). The third-order valence-corrected chi connectivity index (χ3v) is 3.55. The highest BCUT2D eigenvalue weighted by Crippen LogP contribution is 2.24. The summed E-state index contributed by atoms with van der Waals surface area (Å²) in [5.74, 6) is -0.392. The molecule has 1 aromatic rings. The Morgan fingerprint density at radius 2 is 2.04 bits per heavy atom. The molecule has 0 spiro atoms. The number of nitrogens with one attached hydrogen (secondary N) is 2. The van der Waals surface area contributed by atoms with Crippen LogP contribution in [0.25, 0.3) is 4.85 Å². The number of nitriles is 1. The van der Waals surface area contributed by atoms with Gasteiger partial charge in [-0.3, -0.25) is 4.55 Å². The Morgan fingerprint density at radius 3 is 2.62 bits per heavy atom. The molecule has 24 heavy (non-hydrogen) atoms. The van der Waals surface area contributed by atoms with Crippen molar-refractivity contribution in [1.29, 1.82) is 5.26 Å². The molecule has 0 saturated heterocycles. The average Bonchev–Trinajstić information content (AvgIpc) is 2.53. The molecule has 1 rings (SSSR count). The fourth-order valence-electron chi connectivity index (χ4n) is 1.39. The summed E-state index contributed by atoms with van der Waals surface area (Å²) in [6.07, 6.45) is 0. The van der Waals surface area contributed by atoms with E-state index in [1.54, 1.807) is 6.07 Å². The largest absolute Gasteiger partial charge is 0.376 e. The number of aromatic nitrogens is 2. The average molecular weight is 376 g/mol. The van der Waals surface area contributed by atoms with Crippen LogP contribution in [0.5, 0.6) is 0 Å². The molecule has 0 amide bonds. The summed E-state index contributed by atoms with van der Waals surface area (Å²) >= 11 is 0.794. The van der Waals surface area contributed by atoms with E-state index in [-0.39, 0.29) is 36.2 Å². The van der Waals surface area contributed by atoms with E-state index in [0.29, 0.717) is 5.75 Å². The molecule has 0 aliphatic rings. The van der Waals surface area contributed by atoms with Gasteiger partial charge in [-0.05, 0) is 0 Å². The molecule has 130 valence electrons. The lowest BCUT2D eigenvalue weighted by Crippen LogP contribution is -2.17. The SMILES string of the molecule is [C-]#[N+]c1nc(NCCS(=O)(=O)O)c(C#N)nc1NCCSOOO. The van der Waals surface area contributed by atoms with Crippen LogP contribution < -0.4 is 10.6 Å². The van der Waals surface area contributed by atoms with E-state index < -0.39 is 15.9 Å². The first kappa shape index (κ1) is 19.8. The Balaban J connectivity index is 2.81. The first-order valence-electron chi connectivity index (χ1n) is 6.13. The first-order chi connectivity index (χ1) is 11.4. The molecular weight excluding hydrogens is 364 g/mol. The number of hydrogen-bond donors (Lipinski definition) is 4. The maximum Gasteiger partial charge on any atom is 0.314 e. The van der Waals surface area contributed by atoms with Gasteiger partial charge in [0.15, 0.2) is 5.82 Å². The molecule has 0 aliphatic carbocycles.